The van der Waals surface area contributed by atoms with Crippen molar-refractivity contribution in [2.24, 2.45) is 0 Å². The quantitative estimate of drug-likeness (QED) is 0.839. The standard InChI is InChI=1S/C20H25N3O4/c1-14-21-19(23-27-14)20(9-2-3-10-20)22-18(24)15-6-4-7-16(12-15)26-13-17-8-5-11-25-17/h4,6-7,12,17H,2-3,5,8-11,13H2,1H3,(H,22,24). The Morgan fingerprint density at radius 1 is 1.33 bits per heavy atom. The number of aromatic nitrogens is 2. The number of ether oxygens (including phenoxy) is 2. The minimum atomic E-state index is -0.552. The molecule has 1 aliphatic carbocycles. The molecule has 2 heterocycles. The van der Waals surface area contributed by atoms with Gasteiger partial charge in [0.1, 0.15) is 17.9 Å². The normalized spacial score (nSPS) is 21.3. The lowest BCUT2D eigenvalue weighted by Gasteiger charge is -2.26. The molecule has 1 atom stereocenters. The average Bonchev–Trinajstić information content (AvgIpc) is 3.42. The average molecular weight is 371 g/mol. The summed E-state index contributed by atoms with van der Waals surface area (Å²) in [7, 11) is 0. The van der Waals surface area contributed by atoms with Crippen molar-refractivity contribution in [3.63, 3.8) is 0 Å². The molecule has 1 aromatic heterocycles. The molecular formula is C20H25N3O4. The third-order valence-corrected chi connectivity index (χ3v) is 5.32. The van der Waals surface area contributed by atoms with Crippen LogP contribution in [0.15, 0.2) is 28.8 Å². The fourth-order valence-electron chi connectivity index (χ4n) is 3.86. The molecule has 0 radical (unpaired) electrons. The number of nitrogens with zero attached hydrogens (tertiary/aromatic N) is 2. The first-order chi connectivity index (χ1) is 13.1. The third-order valence-electron chi connectivity index (χ3n) is 5.32. The second kappa shape index (κ2) is 7.68. The maximum atomic E-state index is 12.9. The van der Waals surface area contributed by atoms with Crippen LogP contribution in [0.1, 0.15) is 60.6 Å². The van der Waals surface area contributed by atoms with E-state index in [0.717, 1.165) is 45.1 Å². The number of nitrogens with one attached hydrogen (secondary N) is 1. The summed E-state index contributed by atoms with van der Waals surface area (Å²) < 4.78 is 16.5. The molecule has 0 bridgehead atoms. The maximum absolute atomic E-state index is 12.9. The van der Waals surface area contributed by atoms with Crippen LogP contribution in [0.2, 0.25) is 0 Å². The van der Waals surface area contributed by atoms with Gasteiger partial charge in [-0.2, -0.15) is 4.98 Å². The van der Waals surface area contributed by atoms with Gasteiger partial charge in [-0.3, -0.25) is 4.79 Å². The molecular weight excluding hydrogens is 346 g/mol. The van der Waals surface area contributed by atoms with Crippen LogP contribution in [-0.4, -0.2) is 35.4 Å². The highest BCUT2D eigenvalue weighted by molar-refractivity contribution is 5.95. The Morgan fingerprint density at radius 3 is 2.89 bits per heavy atom. The summed E-state index contributed by atoms with van der Waals surface area (Å²) in [5, 5.41) is 7.23. The molecule has 1 saturated heterocycles. The van der Waals surface area contributed by atoms with E-state index in [0.29, 0.717) is 29.6 Å². The van der Waals surface area contributed by atoms with E-state index in [2.05, 4.69) is 15.5 Å². The Bertz CT molecular complexity index is 792. The second-order valence-corrected chi connectivity index (χ2v) is 7.35. The molecule has 1 N–H and O–H groups in total. The summed E-state index contributed by atoms with van der Waals surface area (Å²) in [5.74, 6) is 1.60. The van der Waals surface area contributed by atoms with Crippen LogP contribution in [-0.2, 0) is 10.3 Å². The molecule has 1 aromatic carbocycles. The van der Waals surface area contributed by atoms with E-state index in [1.807, 2.05) is 12.1 Å². The molecule has 1 unspecified atom stereocenters. The fraction of sp³-hybridized carbons (Fsp3) is 0.550. The molecule has 7 nitrogen and oxygen atoms in total. The fourth-order valence-corrected chi connectivity index (χ4v) is 3.86. The first kappa shape index (κ1) is 18.0. The monoisotopic (exact) mass is 371 g/mol. The van der Waals surface area contributed by atoms with Crippen molar-refractivity contribution < 1.29 is 18.8 Å². The van der Waals surface area contributed by atoms with Crippen LogP contribution in [0.3, 0.4) is 0 Å². The van der Waals surface area contributed by atoms with Gasteiger partial charge >= 0.3 is 0 Å². The number of aryl methyl sites for hydroxylation is 1. The molecule has 144 valence electrons. The summed E-state index contributed by atoms with van der Waals surface area (Å²) in [6, 6.07) is 7.26. The highest BCUT2D eigenvalue weighted by atomic mass is 16.5. The van der Waals surface area contributed by atoms with Crippen molar-refractivity contribution in [1.29, 1.82) is 0 Å². The van der Waals surface area contributed by atoms with Crippen LogP contribution in [0.5, 0.6) is 5.75 Å². The Hall–Kier alpha value is -2.41. The zero-order valence-electron chi connectivity index (χ0n) is 15.6. The number of hydrogen-bond acceptors (Lipinski definition) is 6. The highest BCUT2D eigenvalue weighted by Gasteiger charge is 2.41. The molecule has 2 aliphatic rings. The van der Waals surface area contributed by atoms with Crippen LogP contribution < -0.4 is 10.1 Å². The van der Waals surface area contributed by atoms with Crippen LogP contribution in [0.4, 0.5) is 0 Å². The molecule has 0 spiro atoms. The maximum Gasteiger partial charge on any atom is 0.252 e. The summed E-state index contributed by atoms with van der Waals surface area (Å²) in [4.78, 5) is 17.3. The smallest absolute Gasteiger partial charge is 0.252 e. The minimum absolute atomic E-state index is 0.144. The number of rotatable bonds is 6. The predicted molar refractivity (Wildman–Crippen MR) is 97.6 cm³/mol. The van der Waals surface area contributed by atoms with Crippen molar-refractivity contribution in [3.8, 4) is 5.75 Å². The van der Waals surface area contributed by atoms with E-state index in [1.54, 1.807) is 19.1 Å². The number of benzene rings is 1. The molecule has 4 rings (SSSR count). The van der Waals surface area contributed by atoms with Crippen molar-refractivity contribution in [2.45, 2.75) is 57.1 Å². The van der Waals surface area contributed by atoms with E-state index < -0.39 is 5.54 Å². The van der Waals surface area contributed by atoms with Gasteiger partial charge in [-0.05, 0) is 43.9 Å². The van der Waals surface area contributed by atoms with E-state index in [4.69, 9.17) is 14.0 Å². The van der Waals surface area contributed by atoms with Crippen LogP contribution >= 0.6 is 0 Å². The highest BCUT2D eigenvalue weighted by Crippen LogP contribution is 2.37. The topological polar surface area (TPSA) is 86.5 Å². The molecule has 7 heteroatoms. The van der Waals surface area contributed by atoms with E-state index in [1.165, 1.54) is 0 Å². The van der Waals surface area contributed by atoms with E-state index in [9.17, 15) is 4.79 Å². The number of hydrogen-bond donors (Lipinski definition) is 1. The van der Waals surface area contributed by atoms with Crippen LogP contribution in [0, 0.1) is 6.92 Å². The number of carbonyl (C=O) groups excluding carboxylic acids is 1. The Labute approximate surface area is 158 Å². The lowest BCUT2D eigenvalue weighted by Crippen LogP contribution is -2.44. The van der Waals surface area contributed by atoms with Gasteiger partial charge in [0, 0.05) is 19.1 Å². The third kappa shape index (κ3) is 3.98. The molecule has 2 aromatic rings. The molecule has 1 aliphatic heterocycles. The van der Waals surface area contributed by atoms with Gasteiger partial charge in [0.05, 0.1) is 6.10 Å². The van der Waals surface area contributed by atoms with Gasteiger partial charge in [-0.15, -0.1) is 0 Å². The Balaban J connectivity index is 1.46. The number of amides is 1. The molecule has 27 heavy (non-hydrogen) atoms. The van der Waals surface area contributed by atoms with Gasteiger partial charge in [-0.25, -0.2) is 0 Å². The van der Waals surface area contributed by atoms with Gasteiger partial charge in [0.2, 0.25) is 5.89 Å². The predicted octanol–water partition coefficient (Wildman–Crippen LogP) is 3.14. The van der Waals surface area contributed by atoms with Crippen molar-refractivity contribution in [1.82, 2.24) is 15.5 Å². The first-order valence-electron chi connectivity index (χ1n) is 9.62. The van der Waals surface area contributed by atoms with Crippen molar-refractivity contribution in [2.75, 3.05) is 13.2 Å². The zero-order chi connectivity index (χ0) is 18.7. The summed E-state index contributed by atoms with van der Waals surface area (Å²) >= 11 is 0. The van der Waals surface area contributed by atoms with Gasteiger partial charge in [0.25, 0.3) is 5.91 Å². The Morgan fingerprint density at radius 2 is 2.19 bits per heavy atom. The zero-order valence-corrected chi connectivity index (χ0v) is 15.6. The van der Waals surface area contributed by atoms with Crippen LogP contribution in [0.25, 0.3) is 0 Å². The number of carbonyl (C=O) groups is 1. The molecule has 1 saturated carbocycles. The van der Waals surface area contributed by atoms with Gasteiger partial charge < -0.3 is 19.3 Å². The van der Waals surface area contributed by atoms with E-state index in [-0.39, 0.29) is 12.0 Å². The first-order valence-corrected chi connectivity index (χ1v) is 9.62. The molecule has 1 amide bonds. The van der Waals surface area contributed by atoms with E-state index >= 15 is 0 Å². The molecule has 2 fully saturated rings. The largest absolute Gasteiger partial charge is 0.491 e. The second-order valence-electron chi connectivity index (χ2n) is 7.35. The summed E-state index contributed by atoms with van der Waals surface area (Å²) in [6.07, 6.45) is 5.92. The lowest BCUT2D eigenvalue weighted by atomic mass is 9.96. The SMILES string of the molecule is Cc1nc(C2(NC(=O)c3cccc(OCC4CCCO4)c3)CCCC2)no1. The van der Waals surface area contributed by atoms with Gasteiger partial charge in [-0.1, -0.05) is 24.1 Å². The Kier molecular flexibility index (Phi) is 5.11. The summed E-state index contributed by atoms with van der Waals surface area (Å²) in [5.41, 5.74) is 0.00923. The van der Waals surface area contributed by atoms with Crippen molar-refractivity contribution >= 4 is 5.91 Å². The minimum Gasteiger partial charge on any atom is -0.491 e. The van der Waals surface area contributed by atoms with Gasteiger partial charge in [0.15, 0.2) is 5.82 Å². The summed E-state index contributed by atoms with van der Waals surface area (Å²) in [6.45, 7) is 3.07. The lowest BCUT2D eigenvalue weighted by molar-refractivity contribution is 0.0679. The van der Waals surface area contributed by atoms with Crippen molar-refractivity contribution in [3.05, 3.63) is 41.5 Å².